The molecule has 23 heavy (non-hydrogen) atoms. The number of halogens is 1. The molecule has 0 atom stereocenters. The number of hydrogen-bond donors (Lipinski definition) is 0. The van der Waals surface area contributed by atoms with E-state index in [1.165, 1.54) is 11.1 Å². The van der Waals surface area contributed by atoms with E-state index in [9.17, 15) is 0 Å². The predicted octanol–water partition coefficient (Wildman–Crippen LogP) is 6.48. The van der Waals surface area contributed by atoms with Gasteiger partial charge in [-0.2, -0.15) is 0 Å². The van der Waals surface area contributed by atoms with E-state index in [4.69, 9.17) is 0 Å². The molecule has 0 radical (unpaired) electrons. The van der Waals surface area contributed by atoms with E-state index in [-0.39, 0.29) is 5.41 Å². The van der Waals surface area contributed by atoms with E-state index in [1.807, 2.05) is 24.4 Å². The van der Waals surface area contributed by atoms with Gasteiger partial charge in [0.25, 0.3) is 0 Å². The molecular weight excluding hydrogens is 346 g/mol. The van der Waals surface area contributed by atoms with Crippen LogP contribution in [0.4, 0.5) is 0 Å². The Balaban J connectivity index is 2.11. The Bertz CT molecular complexity index is 799. The van der Waals surface area contributed by atoms with Gasteiger partial charge in [0, 0.05) is 21.8 Å². The van der Waals surface area contributed by atoms with Crippen molar-refractivity contribution in [2.24, 2.45) is 0 Å². The van der Waals surface area contributed by atoms with Gasteiger partial charge in [-0.15, -0.1) is 0 Å². The molecule has 116 valence electrons. The normalized spacial score (nSPS) is 11.5. The van der Waals surface area contributed by atoms with Crippen LogP contribution in [-0.2, 0) is 5.41 Å². The summed E-state index contributed by atoms with van der Waals surface area (Å²) in [5.41, 5.74) is 5.98. The van der Waals surface area contributed by atoms with Crippen molar-refractivity contribution in [2.45, 2.75) is 26.2 Å². The van der Waals surface area contributed by atoms with Crippen LogP contribution < -0.4 is 0 Å². The minimum atomic E-state index is 0.163. The number of pyridine rings is 1. The summed E-state index contributed by atoms with van der Waals surface area (Å²) in [5.74, 6) is 0. The summed E-state index contributed by atoms with van der Waals surface area (Å²) in [4.78, 5) is 4.65. The second kappa shape index (κ2) is 6.29. The molecule has 0 aliphatic carbocycles. The number of hydrogen-bond acceptors (Lipinski definition) is 1. The van der Waals surface area contributed by atoms with Gasteiger partial charge in [0.1, 0.15) is 0 Å². The molecule has 0 spiro atoms. The van der Waals surface area contributed by atoms with Gasteiger partial charge in [0.2, 0.25) is 0 Å². The van der Waals surface area contributed by atoms with Crippen molar-refractivity contribution in [1.82, 2.24) is 4.98 Å². The highest BCUT2D eigenvalue weighted by Crippen LogP contribution is 2.33. The summed E-state index contributed by atoms with van der Waals surface area (Å²) in [6.45, 7) is 6.70. The van der Waals surface area contributed by atoms with E-state index >= 15 is 0 Å². The standard InChI is InChI=1S/C21H20BrN/c1-21(2,3)17-11-9-15(10-12-17)19-13-18(22)14-23-20(19)16-7-5-4-6-8-16/h4-14H,1-3H3. The highest BCUT2D eigenvalue weighted by atomic mass is 79.9. The first-order valence-electron chi connectivity index (χ1n) is 7.77. The molecule has 3 aromatic rings. The predicted molar refractivity (Wildman–Crippen MR) is 102 cm³/mol. The fourth-order valence-corrected chi connectivity index (χ4v) is 2.97. The lowest BCUT2D eigenvalue weighted by molar-refractivity contribution is 0.590. The first-order valence-corrected chi connectivity index (χ1v) is 8.56. The van der Waals surface area contributed by atoms with Crippen LogP contribution in [-0.4, -0.2) is 4.98 Å². The van der Waals surface area contributed by atoms with Crippen molar-refractivity contribution in [2.75, 3.05) is 0 Å². The molecule has 0 bridgehead atoms. The Labute approximate surface area is 146 Å². The highest BCUT2D eigenvalue weighted by Gasteiger charge is 2.14. The van der Waals surface area contributed by atoms with Gasteiger partial charge in [0.15, 0.2) is 0 Å². The average molecular weight is 366 g/mol. The third-order valence-corrected chi connectivity index (χ3v) is 4.40. The van der Waals surface area contributed by atoms with Gasteiger partial charge in [-0.1, -0.05) is 75.4 Å². The van der Waals surface area contributed by atoms with Crippen LogP contribution in [0.5, 0.6) is 0 Å². The van der Waals surface area contributed by atoms with E-state index in [2.05, 4.69) is 84.1 Å². The first kappa shape index (κ1) is 15.9. The van der Waals surface area contributed by atoms with Crippen LogP contribution in [0.3, 0.4) is 0 Å². The summed E-state index contributed by atoms with van der Waals surface area (Å²) >= 11 is 3.55. The SMILES string of the molecule is CC(C)(C)c1ccc(-c2cc(Br)cnc2-c2ccccc2)cc1. The summed E-state index contributed by atoms with van der Waals surface area (Å²) in [5, 5.41) is 0. The molecule has 0 fully saturated rings. The number of rotatable bonds is 2. The van der Waals surface area contributed by atoms with Crippen LogP contribution in [0.25, 0.3) is 22.4 Å². The number of aromatic nitrogens is 1. The fourth-order valence-electron chi connectivity index (χ4n) is 2.64. The second-order valence-corrected chi connectivity index (χ2v) is 7.66. The van der Waals surface area contributed by atoms with E-state index in [0.29, 0.717) is 0 Å². The monoisotopic (exact) mass is 365 g/mol. The Morgan fingerprint density at radius 1 is 0.826 bits per heavy atom. The molecule has 1 aromatic heterocycles. The van der Waals surface area contributed by atoms with E-state index < -0.39 is 0 Å². The highest BCUT2D eigenvalue weighted by molar-refractivity contribution is 9.10. The molecular formula is C21H20BrN. The average Bonchev–Trinajstić information content (AvgIpc) is 2.55. The van der Waals surface area contributed by atoms with E-state index in [1.54, 1.807) is 0 Å². The molecule has 1 heterocycles. The van der Waals surface area contributed by atoms with Crippen molar-refractivity contribution >= 4 is 15.9 Å². The third-order valence-electron chi connectivity index (χ3n) is 3.96. The summed E-state index contributed by atoms with van der Waals surface area (Å²) in [6.07, 6.45) is 1.86. The van der Waals surface area contributed by atoms with Gasteiger partial charge in [-0.05, 0) is 38.5 Å². The van der Waals surface area contributed by atoms with Gasteiger partial charge in [0.05, 0.1) is 5.69 Å². The molecule has 0 saturated carbocycles. The van der Waals surface area contributed by atoms with Crippen LogP contribution in [0.1, 0.15) is 26.3 Å². The molecule has 1 nitrogen and oxygen atoms in total. The molecule has 0 amide bonds. The smallest absolute Gasteiger partial charge is 0.0781 e. The Morgan fingerprint density at radius 2 is 1.48 bits per heavy atom. The largest absolute Gasteiger partial charge is 0.254 e. The van der Waals surface area contributed by atoms with Crippen LogP contribution >= 0.6 is 15.9 Å². The molecule has 2 aromatic carbocycles. The number of nitrogens with zero attached hydrogens (tertiary/aromatic N) is 1. The lowest BCUT2D eigenvalue weighted by Crippen LogP contribution is -2.10. The minimum absolute atomic E-state index is 0.163. The van der Waals surface area contributed by atoms with Crippen molar-refractivity contribution in [3.05, 3.63) is 76.9 Å². The molecule has 3 rings (SSSR count). The van der Waals surface area contributed by atoms with E-state index in [0.717, 1.165) is 21.3 Å². The molecule has 0 unspecified atom stereocenters. The Morgan fingerprint density at radius 3 is 2.09 bits per heavy atom. The minimum Gasteiger partial charge on any atom is -0.254 e. The summed E-state index contributed by atoms with van der Waals surface area (Å²) < 4.78 is 0.993. The fraction of sp³-hybridized carbons (Fsp3) is 0.190. The molecule has 0 aliphatic rings. The van der Waals surface area contributed by atoms with Gasteiger partial charge >= 0.3 is 0 Å². The lowest BCUT2D eigenvalue weighted by atomic mass is 9.86. The molecule has 0 N–H and O–H groups in total. The first-order chi connectivity index (χ1) is 10.9. The van der Waals surface area contributed by atoms with Gasteiger partial charge < -0.3 is 0 Å². The maximum Gasteiger partial charge on any atom is 0.0781 e. The summed E-state index contributed by atoms with van der Waals surface area (Å²) in [6, 6.07) is 21.3. The zero-order chi connectivity index (χ0) is 16.4. The van der Waals surface area contributed by atoms with Crippen molar-refractivity contribution in [1.29, 1.82) is 0 Å². The van der Waals surface area contributed by atoms with Crippen molar-refractivity contribution in [3.63, 3.8) is 0 Å². The zero-order valence-electron chi connectivity index (χ0n) is 13.7. The van der Waals surface area contributed by atoms with Crippen LogP contribution in [0.2, 0.25) is 0 Å². The molecule has 0 aliphatic heterocycles. The maximum absolute atomic E-state index is 4.65. The lowest BCUT2D eigenvalue weighted by Gasteiger charge is -2.19. The molecule has 2 heteroatoms. The maximum atomic E-state index is 4.65. The van der Waals surface area contributed by atoms with Gasteiger partial charge in [-0.25, -0.2) is 0 Å². The summed E-state index contributed by atoms with van der Waals surface area (Å²) in [7, 11) is 0. The topological polar surface area (TPSA) is 12.9 Å². The van der Waals surface area contributed by atoms with Crippen LogP contribution in [0, 0.1) is 0 Å². The second-order valence-electron chi connectivity index (χ2n) is 6.74. The van der Waals surface area contributed by atoms with Crippen molar-refractivity contribution in [3.8, 4) is 22.4 Å². The Hall–Kier alpha value is -1.93. The third kappa shape index (κ3) is 3.53. The van der Waals surface area contributed by atoms with Crippen molar-refractivity contribution < 1.29 is 0 Å². The quantitative estimate of drug-likeness (QED) is 0.506. The Kier molecular flexibility index (Phi) is 4.36. The number of benzene rings is 2. The molecule has 0 saturated heterocycles. The van der Waals surface area contributed by atoms with Crippen LogP contribution in [0.15, 0.2) is 71.3 Å². The zero-order valence-corrected chi connectivity index (χ0v) is 15.3. The van der Waals surface area contributed by atoms with Gasteiger partial charge in [-0.3, -0.25) is 4.98 Å².